The number of aliphatic carboxylic acids is 1. The highest BCUT2D eigenvalue weighted by Gasteiger charge is 2.60. The smallest absolute Gasteiger partial charge is 0.336 e. The molecule has 1 heterocycles. The summed E-state index contributed by atoms with van der Waals surface area (Å²) in [5.41, 5.74) is -3.04. The highest BCUT2D eigenvalue weighted by atomic mass is 35.5. The summed E-state index contributed by atoms with van der Waals surface area (Å²) in [6.07, 6.45) is 1.70. The first-order valence-corrected chi connectivity index (χ1v) is 7.62. The fourth-order valence-electron chi connectivity index (χ4n) is 2.86. The Kier molecular flexibility index (Phi) is 3.81. The minimum Gasteiger partial charge on any atom is -0.505 e. The Morgan fingerprint density at radius 3 is 2.44 bits per heavy atom. The topological polar surface area (TPSA) is 110 Å². The third-order valence-electron chi connectivity index (χ3n) is 4.07. The second-order valence-corrected chi connectivity index (χ2v) is 6.15. The van der Waals surface area contributed by atoms with Crippen LogP contribution in [0, 0.1) is 6.92 Å². The Bertz CT molecular complexity index is 929. The Morgan fingerprint density at radius 1 is 1.24 bits per heavy atom. The first-order chi connectivity index (χ1) is 11.7. The van der Waals surface area contributed by atoms with Crippen molar-refractivity contribution in [1.29, 1.82) is 0 Å². The van der Waals surface area contributed by atoms with Crippen LogP contribution in [0.1, 0.15) is 15.9 Å². The number of carbonyl (C=O) groups is 3. The lowest BCUT2D eigenvalue weighted by Crippen LogP contribution is -2.49. The highest BCUT2D eigenvalue weighted by Crippen LogP contribution is 2.54. The molecule has 1 aliphatic heterocycles. The van der Waals surface area contributed by atoms with E-state index in [1.54, 1.807) is 0 Å². The Hall–Kier alpha value is -2.51. The predicted molar refractivity (Wildman–Crippen MR) is 86.4 cm³/mol. The number of phenolic OH excluding ortho intramolecular Hbond substituents is 1. The van der Waals surface area contributed by atoms with E-state index in [1.807, 2.05) is 0 Å². The molecule has 7 nitrogen and oxygen atoms in total. The minimum absolute atomic E-state index is 0.0554. The standard InChI is InChI=1S/C16H10Cl2O7/c1-5-10(17)12(20)9-13(11(5)18)25-16(14(9)21)7(15(22)23)3-6(19)4-8(16)24-2/h3-4,20H,1-2H3,(H,22,23)/t16-/m1/s1. The summed E-state index contributed by atoms with van der Waals surface area (Å²) in [7, 11) is 1.16. The molecular weight excluding hydrogens is 375 g/mol. The van der Waals surface area contributed by atoms with Crippen molar-refractivity contribution in [3.05, 3.63) is 44.7 Å². The van der Waals surface area contributed by atoms with Crippen molar-refractivity contribution in [3.63, 3.8) is 0 Å². The molecule has 2 N–H and O–H groups in total. The van der Waals surface area contributed by atoms with Crippen molar-refractivity contribution in [1.82, 2.24) is 0 Å². The number of benzene rings is 1. The lowest BCUT2D eigenvalue weighted by molar-refractivity contribution is -0.134. The molecule has 0 saturated heterocycles. The van der Waals surface area contributed by atoms with Crippen LogP contribution in [0.4, 0.5) is 0 Å². The Balaban J connectivity index is 2.36. The number of halogens is 2. The Labute approximate surface area is 151 Å². The van der Waals surface area contributed by atoms with Gasteiger partial charge in [-0.25, -0.2) is 4.79 Å². The number of ketones is 2. The van der Waals surface area contributed by atoms with Crippen LogP contribution in [0.15, 0.2) is 23.5 Å². The summed E-state index contributed by atoms with van der Waals surface area (Å²) >= 11 is 12.1. The van der Waals surface area contributed by atoms with Crippen LogP contribution in [0.2, 0.25) is 10.0 Å². The number of phenols is 1. The zero-order valence-electron chi connectivity index (χ0n) is 12.8. The fourth-order valence-corrected chi connectivity index (χ4v) is 3.32. The first-order valence-electron chi connectivity index (χ1n) is 6.86. The van der Waals surface area contributed by atoms with Gasteiger partial charge in [0.15, 0.2) is 17.3 Å². The molecule has 2 aliphatic rings. The summed E-state index contributed by atoms with van der Waals surface area (Å²) in [5, 5.41) is 19.5. The van der Waals surface area contributed by atoms with E-state index in [-0.39, 0.29) is 32.7 Å². The van der Waals surface area contributed by atoms with Gasteiger partial charge in [-0.2, -0.15) is 0 Å². The molecular formula is C16H10Cl2O7. The molecule has 1 aromatic carbocycles. The number of allylic oxidation sites excluding steroid dienone is 2. The number of hydrogen-bond acceptors (Lipinski definition) is 6. The maximum Gasteiger partial charge on any atom is 0.336 e. The number of fused-ring (bicyclic) bond motifs is 1. The molecule has 1 aliphatic carbocycles. The second kappa shape index (κ2) is 5.50. The lowest BCUT2D eigenvalue weighted by atomic mass is 9.81. The number of carboxylic acids is 1. The molecule has 1 atom stereocenters. The summed E-state index contributed by atoms with van der Waals surface area (Å²) in [6, 6.07) is 0. The molecule has 1 aromatic rings. The van der Waals surface area contributed by atoms with Crippen molar-refractivity contribution in [2.45, 2.75) is 12.5 Å². The van der Waals surface area contributed by atoms with Gasteiger partial charge >= 0.3 is 5.97 Å². The van der Waals surface area contributed by atoms with E-state index in [1.165, 1.54) is 6.92 Å². The largest absolute Gasteiger partial charge is 0.505 e. The Morgan fingerprint density at radius 2 is 1.88 bits per heavy atom. The monoisotopic (exact) mass is 384 g/mol. The van der Waals surface area contributed by atoms with E-state index in [4.69, 9.17) is 32.7 Å². The quantitative estimate of drug-likeness (QED) is 0.805. The minimum atomic E-state index is -2.27. The molecule has 0 radical (unpaired) electrons. The van der Waals surface area contributed by atoms with Gasteiger partial charge < -0.3 is 19.7 Å². The van der Waals surface area contributed by atoms with Crippen LogP contribution in [-0.2, 0) is 14.3 Å². The van der Waals surface area contributed by atoms with Crippen molar-refractivity contribution in [2.75, 3.05) is 7.11 Å². The van der Waals surface area contributed by atoms with E-state index in [0.29, 0.717) is 0 Å². The number of Topliss-reactive ketones (excluding diaryl/α,β-unsaturated/α-hetero) is 1. The number of carbonyl (C=O) groups excluding carboxylic acids is 2. The van der Waals surface area contributed by atoms with Crippen LogP contribution >= 0.6 is 23.2 Å². The first kappa shape index (κ1) is 17.3. The van der Waals surface area contributed by atoms with Crippen LogP contribution in [0.3, 0.4) is 0 Å². The van der Waals surface area contributed by atoms with Gasteiger partial charge in [-0.05, 0) is 12.5 Å². The molecule has 9 heteroatoms. The van der Waals surface area contributed by atoms with E-state index in [2.05, 4.69) is 0 Å². The number of aromatic hydroxyl groups is 1. The third kappa shape index (κ3) is 2.09. The van der Waals surface area contributed by atoms with Crippen molar-refractivity contribution >= 4 is 40.7 Å². The number of carboxylic acid groups (broad SMARTS) is 1. The molecule has 0 fully saturated rings. The molecule has 0 aromatic heterocycles. The fraction of sp³-hybridized carbons (Fsp3) is 0.188. The predicted octanol–water partition coefficient (Wildman–Crippen LogP) is 2.45. The van der Waals surface area contributed by atoms with Crippen molar-refractivity contribution < 1.29 is 34.1 Å². The second-order valence-electron chi connectivity index (χ2n) is 5.40. The number of ether oxygens (including phenoxy) is 2. The van der Waals surface area contributed by atoms with Crippen LogP contribution < -0.4 is 4.74 Å². The highest BCUT2D eigenvalue weighted by molar-refractivity contribution is 6.40. The summed E-state index contributed by atoms with van der Waals surface area (Å²) in [6.45, 7) is 1.49. The average molecular weight is 385 g/mol. The average Bonchev–Trinajstić information content (AvgIpc) is 2.87. The van der Waals surface area contributed by atoms with Crippen LogP contribution in [-0.4, -0.2) is 40.5 Å². The molecule has 0 amide bonds. The summed E-state index contributed by atoms with van der Waals surface area (Å²) in [4.78, 5) is 36.5. The van der Waals surface area contributed by atoms with Gasteiger partial charge in [0, 0.05) is 12.2 Å². The SMILES string of the molecule is COC1=CC(=O)C=C(C(=O)O)[C@@]12Oc1c(Cl)c(C)c(Cl)c(O)c1C2=O. The van der Waals surface area contributed by atoms with Crippen LogP contribution in [0.5, 0.6) is 11.5 Å². The number of methoxy groups -OCH3 is 1. The van der Waals surface area contributed by atoms with Gasteiger partial charge in [-0.15, -0.1) is 0 Å². The van der Waals surface area contributed by atoms with E-state index in [9.17, 15) is 24.6 Å². The molecule has 0 unspecified atom stereocenters. The number of hydrogen-bond donors (Lipinski definition) is 2. The van der Waals surface area contributed by atoms with Gasteiger partial charge in [-0.1, -0.05) is 23.2 Å². The summed E-state index contributed by atoms with van der Waals surface area (Å²) < 4.78 is 10.7. The van der Waals surface area contributed by atoms with E-state index < -0.39 is 34.5 Å². The molecule has 3 rings (SSSR count). The van der Waals surface area contributed by atoms with Crippen molar-refractivity contribution in [2.24, 2.45) is 0 Å². The molecule has 25 heavy (non-hydrogen) atoms. The zero-order chi connectivity index (χ0) is 18.7. The molecule has 0 saturated carbocycles. The van der Waals surface area contributed by atoms with Gasteiger partial charge in [0.2, 0.25) is 5.78 Å². The normalized spacial score (nSPS) is 21.6. The zero-order valence-corrected chi connectivity index (χ0v) is 14.4. The number of rotatable bonds is 2. The maximum absolute atomic E-state index is 13.1. The maximum atomic E-state index is 13.1. The van der Waals surface area contributed by atoms with Crippen molar-refractivity contribution in [3.8, 4) is 11.5 Å². The third-order valence-corrected chi connectivity index (χ3v) is 4.99. The van der Waals surface area contributed by atoms with Gasteiger partial charge in [0.25, 0.3) is 5.60 Å². The lowest BCUT2D eigenvalue weighted by Gasteiger charge is -2.31. The van der Waals surface area contributed by atoms with Crippen LogP contribution in [0.25, 0.3) is 0 Å². The van der Waals surface area contributed by atoms with Gasteiger partial charge in [-0.3, -0.25) is 9.59 Å². The molecule has 1 spiro atoms. The summed E-state index contributed by atoms with van der Waals surface area (Å²) in [5.74, 6) is -4.33. The molecule has 0 bridgehead atoms. The van der Waals surface area contributed by atoms with Gasteiger partial charge in [0.05, 0.1) is 22.7 Å². The van der Waals surface area contributed by atoms with E-state index in [0.717, 1.165) is 19.3 Å². The van der Waals surface area contributed by atoms with E-state index >= 15 is 0 Å². The van der Waals surface area contributed by atoms with Gasteiger partial charge in [0.1, 0.15) is 11.3 Å². The molecule has 130 valence electrons.